The summed E-state index contributed by atoms with van der Waals surface area (Å²) < 4.78 is 0. The largest absolute Gasteiger partial charge is 0.508 e. The second-order valence-electron chi connectivity index (χ2n) is 5.76. The molecule has 1 saturated carbocycles. The third kappa shape index (κ3) is 2.56. The second-order valence-corrected chi connectivity index (χ2v) is 5.76. The van der Waals surface area contributed by atoms with Crippen LogP contribution >= 0.6 is 0 Å². The fourth-order valence-electron chi connectivity index (χ4n) is 3.21. The fraction of sp³-hybridized carbons (Fsp3) is 0.333. The van der Waals surface area contributed by atoms with Gasteiger partial charge in [-0.05, 0) is 54.9 Å². The van der Waals surface area contributed by atoms with Gasteiger partial charge in [-0.1, -0.05) is 42.5 Å². The molecule has 1 aliphatic carbocycles. The molecule has 2 aromatic carbocycles. The van der Waals surface area contributed by atoms with Gasteiger partial charge in [0, 0.05) is 0 Å². The summed E-state index contributed by atoms with van der Waals surface area (Å²) in [6.07, 6.45) is 3.55. The van der Waals surface area contributed by atoms with Crippen molar-refractivity contribution < 1.29 is 10.2 Å². The molecule has 0 aromatic heterocycles. The highest BCUT2D eigenvalue weighted by Gasteiger charge is 2.35. The summed E-state index contributed by atoms with van der Waals surface area (Å²) in [5, 5.41) is 20.2. The molecule has 0 bridgehead atoms. The van der Waals surface area contributed by atoms with Crippen molar-refractivity contribution in [2.45, 2.75) is 37.2 Å². The lowest BCUT2D eigenvalue weighted by Crippen LogP contribution is -2.30. The molecule has 0 heterocycles. The minimum atomic E-state index is -0.737. The van der Waals surface area contributed by atoms with E-state index < -0.39 is 5.60 Å². The van der Waals surface area contributed by atoms with Crippen LogP contribution < -0.4 is 0 Å². The van der Waals surface area contributed by atoms with Gasteiger partial charge in [0.1, 0.15) is 5.75 Å². The number of phenolic OH excluding ortho intramolecular Hbond substituents is 1. The lowest BCUT2D eigenvalue weighted by Gasteiger charge is -2.36. The number of rotatable bonds is 2. The van der Waals surface area contributed by atoms with Crippen molar-refractivity contribution in [3.63, 3.8) is 0 Å². The first-order chi connectivity index (χ1) is 9.67. The lowest BCUT2D eigenvalue weighted by molar-refractivity contribution is -0.00568. The monoisotopic (exact) mass is 268 g/mol. The molecule has 0 amide bonds. The van der Waals surface area contributed by atoms with Gasteiger partial charge in [-0.3, -0.25) is 0 Å². The Morgan fingerprint density at radius 3 is 2.05 bits per heavy atom. The predicted molar refractivity (Wildman–Crippen MR) is 79.7 cm³/mol. The molecule has 1 fully saturated rings. The van der Waals surface area contributed by atoms with Gasteiger partial charge in [-0.25, -0.2) is 0 Å². The van der Waals surface area contributed by atoms with Gasteiger partial charge >= 0.3 is 0 Å². The topological polar surface area (TPSA) is 40.5 Å². The summed E-state index contributed by atoms with van der Waals surface area (Å²) in [5.41, 5.74) is 1.56. The summed E-state index contributed by atoms with van der Waals surface area (Å²) in [6, 6.07) is 17.5. The van der Waals surface area contributed by atoms with Crippen molar-refractivity contribution >= 4 is 0 Å². The molecule has 2 heteroatoms. The number of benzene rings is 2. The van der Waals surface area contributed by atoms with E-state index in [1.807, 2.05) is 18.2 Å². The molecule has 104 valence electrons. The summed E-state index contributed by atoms with van der Waals surface area (Å²) in [7, 11) is 0. The van der Waals surface area contributed by atoms with Crippen LogP contribution in [0.2, 0.25) is 0 Å². The highest BCUT2D eigenvalue weighted by molar-refractivity contribution is 5.31. The van der Waals surface area contributed by atoms with Gasteiger partial charge in [0.25, 0.3) is 0 Å². The highest BCUT2D eigenvalue weighted by atomic mass is 16.3. The van der Waals surface area contributed by atoms with E-state index in [9.17, 15) is 10.2 Å². The molecule has 0 spiro atoms. The minimum Gasteiger partial charge on any atom is -0.508 e. The van der Waals surface area contributed by atoms with E-state index in [0.717, 1.165) is 31.2 Å². The Balaban J connectivity index is 1.73. The third-order valence-electron chi connectivity index (χ3n) is 4.49. The van der Waals surface area contributed by atoms with Crippen molar-refractivity contribution in [2.75, 3.05) is 0 Å². The molecule has 20 heavy (non-hydrogen) atoms. The Labute approximate surface area is 119 Å². The van der Waals surface area contributed by atoms with E-state index >= 15 is 0 Å². The van der Waals surface area contributed by atoms with Crippen molar-refractivity contribution in [1.82, 2.24) is 0 Å². The van der Waals surface area contributed by atoms with Crippen molar-refractivity contribution in [3.8, 4) is 5.75 Å². The molecular weight excluding hydrogens is 248 g/mol. The number of aromatic hydroxyl groups is 1. The second kappa shape index (κ2) is 5.29. The number of hydrogen-bond donors (Lipinski definition) is 2. The molecule has 1 aliphatic rings. The maximum atomic E-state index is 10.8. The molecular formula is C18H20O2. The molecule has 0 radical (unpaired) electrons. The standard InChI is InChI=1S/C18H20O2/c19-17-8-6-16(7-9-17)18(20)12-10-15(11-13-18)14-4-2-1-3-5-14/h1-9,15,19-20H,10-13H2. The lowest BCUT2D eigenvalue weighted by atomic mass is 9.73. The van der Waals surface area contributed by atoms with E-state index in [1.165, 1.54) is 5.56 Å². The van der Waals surface area contributed by atoms with Crippen LogP contribution in [0.3, 0.4) is 0 Å². The zero-order valence-corrected chi connectivity index (χ0v) is 11.5. The molecule has 2 aromatic rings. The van der Waals surface area contributed by atoms with Crippen molar-refractivity contribution in [2.24, 2.45) is 0 Å². The van der Waals surface area contributed by atoms with Crippen LogP contribution in [-0.4, -0.2) is 10.2 Å². The quantitative estimate of drug-likeness (QED) is 0.866. The minimum absolute atomic E-state index is 0.246. The normalized spacial score (nSPS) is 26.4. The summed E-state index contributed by atoms with van der Waals surface area (Å²) >= 11 is 0. The fourth-order valence-corrected chi connectivity index (χ4v) is 3.21. The first kappa shape index (κ1) is 13.2. The molecule has 2 nitrogen and oxygen atoms in total. The van der Waals surface area contributed by atoms with Gasteiger partial charge < -0.3 is 10.2 Å². The average molecular weight is 268 g/mol. The van der Waals surface area contributed by atoms with E-state index in [-0.39, 0.29) is 5.75 Å². The maximum absolute atomic E-state index is 10.8. The Morgan fingerprint density at radius 1 is 0.850 bits per heavy atom. The predicted octanol–water partition coefficient (Wildman–Crippen LogP) is 3.94. The summed E-state index contributed by atoms with van der Waals surface area (Å²) in [5.74, 6) is 0.795. The smallest absolute Gasteiger partial charge is 0.115 e. The molecule has 0 atom stereocenters. The summed E-state index contributed by atoms with van der Waals surface area (Å²) in [6.45, 7) is 0. The van der Waals surface area contributed by atoms with Gasteiger partial charge in [0.2, 0.25) is 0 Å². The van der Waals surface area contributed by atoms with Gasteiger partial charge in [0.15, 0.2) is 0 Å². The molecule has 3 rings (SSSR count). The third-order valence-corrected chi connectivity index (χ3v) is 4.49. The summed E-state index contributed by atoms with van der Waals surface area (Å²) in [4.78, 5) is 0. The van der Waals surface area contributed by atoms with Crippen LogP contribution in [0.1, 0.15) is 42.7 Å². The van der Waals surface area contributed by atoms with Crippen LogP contribution in [-0.2, 0) is 5.60 Å². The number of aliphatic hydroxyl groups is 1. The number of hydrogen-bond acceptors (Lipinski definition) is 2. The highest BCUT2D eigenvalue weighted by Crippen LogP contribution is 2.43. The average Bonchev–Trinajstić information content (AvgIpc) is 2.49. The van der Waals surface area contributed by atoms with E-state index in [1.54, 1.807) is 12.1 Å². The van der Waals surface area contributed by atoms with E-state index in [2.05, 4.69) is 24.3 Å². The SMILES string of the molecule is Oc1ccc(C2(O)CCC(c3ccccc3)CC2)cc1. The molecule has 2 N–H and O–H groups in total. The van der Waals surface area contributed by atoms with E-state index in [0.29, 0.717) is 5.92 Å². The van der Waals surface area contributed by atoms with Gasteiger partial charge in [-0.2, -0.15) is 0 Å². The first-order valence-electron chi connectivity index (χ1n) is 7.24. The van der Waals surface area contributed by atoms with Crippen LogP contribution in [0, 0.1) is 0 Å². The van der Waals surface area contributed by atoms with Crippen LogP contribution in [0.25, 0.3) is 0 Å². The van der Waals surface area contributed by atoms with Crippen molar-refractivity contribution in [3.05, 3.63) is 65.7 Å². The zero-order chi connectivity index (χ0) is 14.0. The Bertz CT molecular complexity index is 552. The number of phenols is 1. The van der Waals surface area contributed by atoms with Gasteiger partial charge in [0.05, 0.1) is 5.60 Å². The Morgan fingerprint density at radius 2 is 1.45 bits per heavy atom. The van der Waals surface area contributed by atoms with Crippen LogP contribution in [0.5, 0.6) is 5.75 Å². The van der Waals surface area contributed by atoms with E-state index in [4.69, 9.17) is 0 Å². The Kier molecular flexibility index (Phi) is 3.49. The van der Waals surface area contributed by atoms with Crippen LogP contribution in [0.4, 0.5) is 0 Å². The Hall–Kier alpha value is -1.80. The zero-order valence-electron chi connectivity index (χ0n) is 11.5. The van der Waals surface area contributed by atoms with Crippen LogP contribution in [0.15, 0.2) is 54.6 Å². The first-order valence-corrected chi connectivity index (χ1v) is 7.24. The molecule has 0 unspecified atom stereocenters. The maximum Gasteiger partial charge on any atom is 0.115 e. The van der Waals surface area contributed by atoms with Gasteiger partial charge in [-0.15, -0.1) is 0 Å². The van der Waals surface area contributed by atoms with Crippen molar-refractivity contribution in [1.29, 1.82) is 0 Å². The molecule has 0 aliphatic heterocycles. The molecule has 0 saturated heterocycles.